The van der Waals surface area contributed by atoms with Gasteiger partial charge in [0.25, 0.3) is 5.91 Å². The highest BCUT2D eigenvalue weighted by Gasteiger charge is 2.33. The average molecular weight is 318 g/mol. The molecule has 1 unspecified atom stereocenters. The molecule has 4 nitrogen and oxygen atoms in total. The van der Waals surface area contributed by atoms with Crippen molar-refractivity contribution in [3.05, 3.63) is 71.6 Å². The molecule has 2 aromatic carbocycles. The molecule has 4 heteroatoms. The van der Waals surface area contributed by atoms with Gasteiger partial charge in [-0.2, -0.15) is 0 Å². The van der Waals surface area contributed by atoms with Crippen LogP contribution in [0.25, 0.3) is 11.5 Å². The van der Waals surface area contributed by atoms with E-state index in [1.807, 2.05) is 53.4 Å². The van der Waals surface area contributed by atoms with Gasteiger partial charge < -0.3 is 9.32 Å². The van der Waals surface area contributed by atoms with E-state index < -0.39 is 0 Å². The Morgan fingerprint density at radius 2 is 1.83 bits per heavy atom. The number of aryl methyl sites for hydroxylation is 1. The lowest BCUT2D eigenvalue weighted by atomic mass is 10.1. The van der Waals surface area contributed by atoms with Crippen molar-refractivity contribution >= 4 is 11.6 Å². The van der Waals surface area contributed by atoms with Crippen LogP contribution in [0.1, 0.15) is 28.7 Å². The molecule has 1 amide bonds. The Morgan fingerprint density at radius 1 is 1.12 bits per heavy atom. The number of rotatable bonds is 2. The maximum atomic E-state index is 13.1. The number of oxazole rings is 1. The third kappa shape index (κ3) is 2.31. The zero-order valence-corrected chi connectivity index (χ0v) is 13.7. The maximum Gasteiger partial charge on any atom is 0.280 e. The van der Waals surface area contributed by atoms with Crippen LogP contribution in [-0.2, 0) is 6.42 Å². The molecule has 0 N–H and O–H groups in total. The summed E-state index contributed by atoms with van der Waals surface area (Å²) in [5.74, 6) is 0.933. The van der Waals surface area contributed by atoms with Crippen LogP contribution in [0, 0.1) is 6.92 Å². The van der Waals surface area contributed by atoms with Gasteiger partial charge in [-0.05, 0) is 44.0 Å². The van der Waals surface area contributed by atoms with Gasteiger partial charge in [0.2, 0.25) is 5.89 Å². The lowest BCUT2D eigenvalue weighted by molar-refractivity contribution is 0.0976. The summed E-state index contributed by atoms with van der Waals surface area (Å²) in [4.78, 5) is 19.4. The van der Waals surface area contributed by atoms with Crippen LogP contribution in [0.2, 0.25) is 0 Å². The number of aromatic nitrogens is 1. The van der Waals surface area contributed by atoms with Crippen LogP contribution in [-0.4, -0.2) is 16.9 Å². The number of para-hydroxylation sites is 1. The van der Waals surface area contributed by atoms with Crippen molar-refractivity contribution in [3.63, 3.8) is 0 Å². The minimum atomic E-state index is -0.101. The second kappa shape index (κ2) is 5.64. The largest absolute Gasteiger partial charge is 0.441 e. The highest BCUT2D eigenvalue weighted by atomic mass is 16.4. The minimum absolute atomic E-state index is 0.101. The molecule has 120 valence electrons. The summed E-state index contributed by atoms with van der Waals surface area (Å²) in [7, 11) is 0. The number of hydrogen-bond acceptors (Lipinski definition) is 3. The summed E-state index contributed by atoms with van der Waals surface area (Å²) >= 11 is 0. The second-order valence-electron chi connectivity index (χ2n) is 6.15. The van der Waals surface area contributed by atoms with Gasteiger partial charge in [0.05, 0.1) is 0 Å². The highest BCUT2D eigenvalue weighted by Crippen LogP contribution is 2.34. The van der Waals surface area contributed by atoms with E-state index in [9.17, 15) is 4.79 Å². The lowest BCUT2D eigenvalue weighted by Crippen LogP contribution is -2.36. The van der Waals surface area contributed by atoms with E-state index in [0.29, 0.717) is 17.3 Å². The fourth-order valence-electron chi connectivity index (χ4n) is 3.29. The van der Waals surface area contributed by atoms with Crippen molar-refractivity contribution in [2.24, 2.45) is 0 Å². The SMILES string of the molecule is Cc1oc(-c2ccccc2)nc1C(=O)N1c2ccccc2CC1C. The van der Waals surface area contributed by atoms with Gasteiger partial charge in [-0.15, -0.1) is 0 Å². The first-order valence-electron chi connectivity index (χ1n) is 8.09. The minimum Gasteiger partial charge on any atom is -0.441 e. The number of nitrogens with zero attached hydrogens (tertiary/aromatic N) is 2. The number of hydrogen-bond donors (Lipinski definition) is 0. The third-order valence-corrected chi connectivity index (χ3v) is 4.45. The fourth-order valence-corrected chi connectivity index (χ4v) is 3.29. The summed E-state index contributed by atoms with van der Waals surface area (Å²) in [6.45, 7) is 3.85. The lowest BCUT2D eigenvalue weighted by Gasteiger charge is -2.21. The van der Waals surface area contributed by atoms with Crippen molar-refractivity contribution in [2.75, 3.05) is 4.90 Å². The molecule has 0 aliphatic carbocycles. The molecule has 24 heavy (non-hydrogen) atoms. The van der Waals surface area contributed by atoms with E-state index in [2.05, 4.69) is 18.0 Å². The van der Waals surface area contributed by atoms with Crippen LogP contribution in [0.4, 0.5) is 5.69 Å². The number of carbonyl (C=O) groups is 1. The first-order valence-corrected chi connectivity index (χ1v) is 8.09. The number of carbonyl (C=O) groups excluding carboxylic acids is 1. The van der Waals surface area contributed by atoms with Gasteiger partial charge in [0.15, 0.2) is 5.69 Å². The molecule has 3 aromatic rings. The Labute approximate surface area is 140 Å². The van der Waals surface area contributed by atoms with Crippen LogP contribution >= 0.6 is 0 Å². The Balaban J connectivity index is 1.72. The van der Waals surface area contributed by atoms with Gasteiger partial charge in [0.1, 0.15) is 5.76 Å². The molecule has 2 heterocycles. The predicted octanol–water partition coefficient (Wildman–Crippen LogP) is 4.24. The van der Waals surface area contributed by atoms with Crippen LogP contribution in [0.3, 0.4) is 0 Å². The van der Waals surface area contributed by atoms with E-state index in [1.165, 1.54) is 5.56 Å². The first-order chi connectivity index (χ1) is 11.6. The second-order valence-corrected chi connectivity index (χ2v) is 6.15. The molecule has 1 atom stereocenters. The molecular formula is C20H18N2O2. The Morgan fingerprint density at radius 3 is 2.62 bits per heavy atom. The fraction of sp³-hybridized carbons (Fsp3) is 0.200. The Bertz CT molecular complexity index is 899. The number of amides is 1. The molecule has 0 fully saturated rings. The van der Waals surface area contributed by atoms with Gasteiger partial charge >= 0.3 is 0 Å². The molecule has 4 rings (SSSR count). The molecular weight excluding hydrogens is 300 g/mol. The van der Waals surface area contributed by atoms with Crippen molar-refractivity contribution < 1.29 is 9.21 Å². The highest BCUT2D eigenvalue weighted by molar-refractivity contribution is 6.07. The Kier molecular flexibility index (Phi) is 3.45. The van der Waals surface area contributed by atoms with E-state index in [-0.39, 0.29) is 11.9 Å². The predicted molar refractivity (Wildman–Crippen MR) is 93.1 cm³/mol. The van der Waals surface area contributed by atoms with Crippen molar-refractivity contribution in [2.45, 2.75) is 26.3 Å². The quantitative estimate of drug-likeness (QED) is 0.710. The molecule has 1 aliphatic rings. The summed E-state index contributed by atoms with van der Waals surface area (Å²) in [6, 6.07) is 17.8. The topological polar surface area (TPSA) is 46.3 Å². The molecule has 0 saturated heterocycles. The van der Waals surface area contributed by atoms with Gasteiger partial charge in [-0.1, -0.05) is 36.4 Å². The molecule has 0 bridgehead atoms. The normalized spacial score (nSPS) is 16.2. The Hall–Kier alpha value is -2.88. The summed E-state index contributed by atoms with van der Waals surface area (Å²) in [6.07, 6.45) is 0.865. The van der Waals surface area contributed by atoms with E-state index in [1.54, 1.807) is 6.92 Å². The maximum absolute atomic E-state index is 13.1. The van der Waals surface area contributed by atoms with E-state index in [4.69, 9.17) is 4.42 Å². The van der Waals surface area contributed by atoms with E-state index in [0.717, 1.165) is 17.7 Å². The standard InChI is InChI=1S/C20H18N2O2/c1-13-12-16-10-6-7-11-17(16)22(13)20(23)18-14(2)24-19(21-18)15-8-4-3-5-9-15/h3-11,13H,12H2,1-2H3. The zero-order valence-electron chi connectivity index (χ0n) is 13.7. The van der Waals surface area contributed by atoms with Crippen LogP contribution in [0.5, 0.6) is 0 Å². The monoisotopic (exact) mass is 318 g/mol. The number of anilines is 1. The zero-order chi connectivity index (χ0) is 16.7. The molecule has 1 aromatic heterocycles. The first kappa shape index (κ1) is 14.7. The summed E-state index contributed by atoms with van der Waals surface area (Å²) in [5, 5.41) is 0. The molecule has 0 saturated carbocycles. The van der Waals surface area contributed by atoms with Crippen LogP contribution in [0.15, 0.2) is 59.0 Å². The smallest absolute Gasteiger partial charge is 0.280 e. The number of benzene rings is 2. The van der Waals surface area contributed by atoms with Crippen molar-refractivity contribution in [1.29, 1.82) is 0 Å². The van der Waals surface area contributed by atoms with Gasteiger partial charge in [-0.25, -0.2) is 4.98 Å². The molecule has 1 aliphatic heterocycles. The van der Waals surface area contributed by atoms with Gasteiger partial charge in [-0.3, -0.25) is 4.79 Å². The molecule has 0 spiro atoms. The van der Waals surface area contributed by atoms with E-state index >= 15 is 0 Å². The van der Waals surface area contributed by atoms with Crippen LogP contribution < -0.4 is 4.90 Å². The molecule has 0 radical (unpaired) electrons. The average Bonchev–Trinajstić information content (AvgIpc) is 3.14. The summed E-state index contributed by atoms with van der Waals surface area (Å²) in [5.41, 5.74) is 3.42. The van der Waals surface area contributed by atoms with Gasteiger partial charge in [0, 0.05) is 17.3 Å². The third-order valence-electron chi connectivity index (χ3n) is 4.45. The van der Waals surface area contributed by atoms with Crippen molar-refractivity contribution in [1.82, 2.24) is 4.98 Å². The number of fused-ring (bicyclic) bond motifs is 1. The summed E-state index contributed by atoms with van der Waals surface area (Å²) < 4.78 is 5.75. The van der Waals surface area contributed by atoms with Crippen molar-refractivity contribution in [3.8, 4) is 11.5 Å².